The zero-order valence-electron chi connectivity index (χ0n) is 11.5. The van der Waals surface area contributed by atoms with Crippen LogP contribution in [0, 0.1) is 24.0 Å². The summed E-state index contributed by atoms with van der Waals surface area (Å²) in [6.45, 7) is 3.70. The molecule has 0 atom stereocenters. The Morgan fingerprint density at radius 1 is 1.24 bits per heavy atom. The molecule has 108 valence electrons. The van der Waals surface area contributed by atoms with E-state index in [4.69, 9.17) is 9.84 Å². The highest BCUT2D eigenvalue weighted by Gasteiger charge is 2.24. The molecule has 0 saturated carbocycles. The molecule has 2 aromatic rings. The molecule has 0 fully saturated rings. The van der Waals surface area contributed by atoms with Crippen LogP contribution in [0.4, 0.5) is 5.69 Å². The van der Waals surface area contributed by atoms with Gasteiger partial charge in [0.1, 0.15) is 11.3 Å². The number of hydrogen-bond acceptors (Lipinski definition) is 4. The first-order valence-electron chi connectivity index (χ1n) is 6.16. The Bertz CT molecular complexity index is 692. The van der Waals surface area contributed by atoms with Gasteiger partial charge < -0.3 is 9.84 Å². The summed E-state index contributed by atoms with van der Waals surface area (Å²) in [5.74, 6) is -1.15. The molecular weight excluding hydrogens is 274 g/mol. The minimum absolute atomic E-state index is 0.246. The second-order valence-corrected chi connectivity index (χ2v) is 4.59. The molecule has 0 aliphatic heterocycles. The number of aromatic carboxylic acids is 1. The summed E-state index contributed by atoms with van der Waals surface area (Å²) in [5.41, 5.74) is 1.16. The molecule has 0 amide bonds. The number of ether oxygens (including phenoxy) is 1. The van der Waals surface area contributed by atoms with Crippen molar-refractivity contribution in [1.82, 2.24) is 0 Å². The van der Waals surface area contributed by atoms with Gasteiger partial charge in [0.2, 0.25) is 5.75 Å². The average molecular weight is 287 g/mol. The van der Waals surface area contributed by atoms with Crippen LogP contribution in [-0.4, -0.2) is 16.0 Å². The van der Waals surface area contributed by atoms with Gasteiger partial charge in [0.25, 0.3) is 0 Å². The van der Waals surface area contributed by atoms with Gasteiger partial charge in [0.05, 0.1) is 4.92 Å². The van der Waals surface area contributed by atoms with Crippen LogP contribution in [0.3, 0.4) is 0 Å². The van der Waals surface area contributed by atoms with E-state index < -0.39 is 10.9 Å². The highest BCUT2D eigenvalue weighted by atomic mass is 16.6. The summed E-state index contributed by atoms with van der Waals surface area (Å²) in [6, 6.07) is 9.10. The van der Waals surface area contributed by atoms with Crippen LogP contribution < -0.4 is 4.74 Å². The van der Waals surface area contributed by atoms with Crippen molar-refractivity contribution >= 4 is 11.7 Å². The topological polar surface area (TPSA) is 89.7 Å². The van der Waals surface area contributed by atoms with Gasteiger partial charge in [0, 0.05) is 6.07 Å². The largest absolute Gasteiger partial charge is 0.478 e. The fourth-order valence-corrected chi connectivity index (χ4v) is 1.97. The van der Waals surface area contributed by atoms with E-state index in [-0.39, 0.29) is 17.0 Å². The molecule has 0 spiro atoms. The minimum Gasteiger partial charge on any atom is -0.478 e. The smallest absolute Gasteiger partial charge is 0.339 e. The van der Waals surface area contributed by atoms with Crippen molar-refractivity contribution in [3.63, 3.8) is 0 Å². The molecule has 0 unspecified atom stereocenters. The van der Waals surface area contributed by atoms with E-state index in [1.165, 1.54) is 18.2 Å². The predicted octanol–water partition coefficient (Wildman–Crippen LogP) is 3.70. The zero-order chi connectivity index (χ0) is 15.6. The van der Waals surface area contributed by atoms with Crippen molar-refractivity contribution in [2.45, 2.75) is 13.8 Å². The standard InChI is InChI=1S/C15H13NO5/c1-9-6-7-13(10(2)8-9)21-14-11(15(17)18)4-3-5-12(14)16(19)20/h3-8H,1-2H3,(H,17,18). The summed E-state index contributed by atoms with van der Waals surface area (Å²) in [7, 11) is 0. The second-order valence-electron chi connectivity index (χ2n) is 4.59. The molecule has 1 N–H and O–H groups in total. The average Bonchev–Trinajstić information content (AvgIpc) is 2.41. The first-order chi connectivity index (χ1) is 9.90. The molecule has 6 nitrogen and oxygen atoms in total. The van der Waals surface area contributed by atoms with Crippen LogP contribution >= 0.6 is 0 Å². The molecule has 2 rings (SSSR count). The maximum absolute atomic E-state index is 11.2. The van der Waals surface area contributed by atoms with E-state index in [0.717, 1.165) is 11.1 Å². The number of nitro groups is 1. The molecule has 0 saturated heterocycles. The van der Waals surface area contributed by atoms with Crippen molar-refractivity contribution in [2.24, 2.45) is 0 Å². The van der Waals surface area contributed by atoms with Crippen LogP contribution in [0.2, 0.25) is 0 Å². The van der Waals surface area contributed by atoms with Gasteiger partial charge in [-0.3, -0.25) is 10.1 Å². The van der Waals surface area contributed by atoms with Crippen LogP contribution in [0.15, 0.2) is 36.4 Å². The number of nitro benzene ring substituents is 1. The fraction of sp³-hybridized carbons (Fsp3) is 0.133. The van der Waals surface area contributed by atoms with E-state index >= 15 is 0 Å². The van der Waals surface area contributed by atoms with Crippen LogP contribution in [-0.2, 0) is 0 Å². The molecule has 6 heteroatoms. The number of carboxylic acid groups (broad SMARTS) is 1. The van der Waals surface area contributed by atoms with Crippen LogP contribution in [0.1, 0.15) is 21.5 Å². The van der Waals surface area contributed by atoms with Crippen LogP contribution in [0.25, 0.3) is 0 Å². The Morgan fingerprint density at radius 2 is 1.95 bits per heavy atom. The van der Waals surface area contributed by atoms with Crippen molar-refractivity contribution < 1.29 is 19.6 Å². The van der Waals surface area contributed by atoms with Gasteiger partial charge in [-0.1, -0.05) is 23.8 Å². The Hall–Kier alpha value is -2.89. The lowest BCUT2D eigenvalue weighted by Crippen LogP contribution is -2.03. The number of carboxylic acids is 1. The summed E-state index contributed by atoms with van der Waals surface area (Å²) in [4.78, 5) is 21.6. The number of benzene rings is 2. The van der Waals surface area contributed by atoms with Crippen LogP contribution in [0.5, 0.6) is 11.5 Å². The third-order valence-corrected chi connectivity index (χ3v) is 2.96. The number of rotatable bonds is 4. The molecule has 0 aromatic heterocycles. The van der Waals surface area contributed by atoms with E-state index in [1.54, 1.807) is 19.1 Å². The van der Waals surface area contributed by atoms with E-state index in [1.807, 2.05) is 13.0 Å². The fourth-order valence-electron chi connectivity index (χ4n) is 1.97. The number of hydrogen-bond donors (Lipinski definition) is 1. The van der Waals surface area contributed by atoms with Gasteiger partial charge in [-0.25, -0.2) is 4.79 Å². The predicted molar refractivity (Wildman–Crippen MR) is 76.0 cm³/mol. The van der Waals surface area contributed by atoms with Gasteiger partial charge in [-0.2, -0.15) is 0 Å². The summed E-state index contributed by atoms with van der Waals surface area (Å²) < 4.78 is 5.53. The highest BCUT2D eigenvalue weighted by Crippen LogP contribution is 2.36. The van der Waals surface area contributed by atoms with Gasteiger partial charge >= 0.3 is 11.7 Å². The molecule has 2 aromatic carbocycles. The number of para-hydroxylation sites is 1. The lowest BCUT2D eigenvalue weighted by molar-refractivity contribution is -0.385. The SMILES string of the molecule is Cc1ccc(Oc2c(C(=O)O)cccc2[N+](=O)[O-])c(C)c1. The normalized spacial score (nSPS) is 10.2. The molecule has 0 radical (unpaired) electrons. The first kappa shape index (κ1) is 14.5. The molecule has 0 heterocycles. The second kappa shape index (κ2) is 5.62. The quantitative estimate of drug-likeness (QED) is 0.684. The van der Waals surface area contributed by atoms with Gasteiger partial charge in [-0.15, -0.1) is 0 Å². The lowest BCUT2D eigenvalue weighted by atomic mass is 10.1. The Balaban J connectivity index is 2.56. The maximum Gasteiger partial charge on any atom is 0.339 e. The summed E-state index contributed by atoms with van der Waals surface area (Å²) >= 11 is 0. The Labute approximate surface area is 120 Å². The molecular formula is C15H13NO5. The van der Waals surface area contributed by atoms with Crippen molar-refractivity contribution in [2.75, 3.05) is 0 Å². The monoisotopic (exact) mass is 287 g/mol. The molecule has 0 aliphatic rings. The Kier molecular flexibility index (Phi) is 3.89. The highest BCUT2D eigenvalue weighted by molar-refractivity contribution is 5.92. The van der Waals surface area contributed by atoms with Crippen molar-refractivity contribution in [3.8, 4) is 11.5 Å². The summed E-state index contributed by atoms with van der Waals surface area (Å²) in [6.07, 6.45) is 0. The number of nitrogens with zero attached hydrogens (tertiary/aromatic N) is 1. The minimum atomic E-state index is -1.28. The van der Waals surface area contributed by atoms with E-state index in [9.17, 15) is 14.9 Å². The first-order valence-corrected chi connectivity index (χ1v) is 6.16. The lowest BCUT2D eigenvalue weighted by Gasteiger charge is -2.11. The van der Waals surface area contributed by atoms with E-state index in [0.29, 0.717) is 5.75 Å². The maximum atomic E-state index is 11.2. The van der Waals surface area contributed by atoms with Crippen molar-refractivity contribution in [3.05, 3.63) is 63.2 Å². The summed E-state index contributed by atoms with van der Waals surface area (Å²) in [5, 5.41) is 20.2. The van der Waals surface area contributed by atoms with Crippen molar-refractivity contribution in [1.29, 1.82) is 0 Å². The number of carbonyl (C=O) groups is 1. The third kappa shape index (κ3) is 3.00. The van der Waals surface area contributed by atoms with Gasteiger partial charge in [-0.05, 0) is 31.5 Å². The van der Waals surface area contributed by atoms with E-state index in [2.05, 4.69) is 0 Å². The Morgan fingerprint density at radius 3 is 2.52 bits per heavy atom. The molecule has 21 heavy (non-hydrogen) atoms. The number of aryl methyl sites for hydroxylation is 2. The van der Waals surface area contributed by atoms with Gasteiger partial charge in [0.15, 0.2) is 0 Å². The zero-order valence-corrected chi connectivity index (χ0v) is 11.5. The molecule has 0 bridgehead atoms. The third-order valence-electron chi connectivity index (χ3n) is 2.96. The molecule has 0 aliphatic carbocycles.